The van der Waals surface area contributed by atoms with Crippen LogP contribution in [-0.2, 0) is 0 Å². The van der Waals surface area contributed by atoms with Gasteiger partial charge in [0.15, 0.2) is 0 Å². The third kappa shape index (κ3) is 3.68. The summed E-state index contributed by atoms with van der Waals surface area (Å²) in [5, 5.41) is 4.73. The molecule has 1 aliphatic rings. The topological polar surface area (TPSA) is 28.4 Å². The Kier molecular flexibility index (Phi) is 4.67. The number of hydrogen-bond acceptors (Lipinski definition) is 3. The van der Waals surface area contributed by atoms with Crippen LogP contribution in [0, 0.1) is 0 Å². The Morgan fingerprint density at radius 3 is 2.90 bits per heavy atom. The van der Waals surface area contributed by atoms with Gasteiger partial charge in [-0.25, -0.2) is 0 Å². The van der Waals surface area contributed by atoms with Gasteiger partial charge in [-0.05, 0) is 50.6 Å². The Labute approximate surface area is 134 Å². The molecule has 0 radical (unpaired) electrons. The van der Waals surface area contributed by atoms with E-state index in [9.17, 15) is 0 Å². The van der Waals surface area contributed by atoms with E-state index in [-0.39, 0.29) is 6.04 Å². The van der Waals surface area contributed by atoms with Crippen LogP contribution in [0.2, 0.25) is 0 Å². The molecule has 0 spiro atoms. The van der Waals surface area contributed by atoms with E-state index in [4.69, 9.17) is 4.42 Å². The summed E-state index contributed by atoms with van der Waals surface area (Å²) in [6.45, 7) is 7.70. The van der Waals surface area contributed by atoms with Gasteiger partial charge >= 0.3 is 0 Å². The first-order valence-electron chi connectivity index (χ1n) is 7.84. The SMILES string of the molecule is CCN(CCNC(C)c1cc2cc(Br)ccc2o1)C1CC1. The van der Waals surface area contributed by atoms with E-state index in [0.717, 1.165) is 46.9 Å². The summed E-state index contributed by atoms with van der Waals surface area (Å²) in [5.41, 5.74) is 0.954. The molecule has 1 heterocycles. The Morgan fingerprint density at radius 2 is 2.19 bits per heavy atom. The normalized spacial score (nSPS) is 16.8. The summed E-state index contributed by atoms with van der Waals surface area (Å²) in [7, 11) is 0. The number of furan rings is 1. The van der Waals surface area contributed by atoms with Gasteiger partial charge in [0, 0.05) is 29.0 Å². The van der Waals surface area contributed by atoms with Gasteiger partial charge in [0.25, 0.3) is 0 Å². The van der Waals surface area contributed by atoms with Gasteiger partial charge in [-0.15, -0.1) is 0 Å². The maximum atomic E-state index is 5.93. The minimum atomic E-state index is 0.245. The number of halogens is 1. The predicted octanol–water partition coefficient (Wildman–Crippen LogP) is 4.33. The zero-order valence-corrected chi connectivity index (χ0v) is 14.3. The van der Waals surface area contributed by atoms with Crippen LogP contribution < -0.4 is 5.32 Å². The first kappa shape index (κ1) is 15.1. The average Bonchev–Trinajstić information content (AvgIpc) is 3.22. The molecule has 1 aromatic heterocycles. The van der Waals surface area contributed by atoms with Crippen molar-refractivity contribution in [3.8, 4) is 0 Å². The van der Waals surface area contributed by atoms with Crippen molar-refractivity contribution in [2.45, 2.75) is 38.8 Å². The molecule has 1 aromatic carbocycles. The molecule has 1 atom stereocenters. The molecule has 3 nitrogen and oxygen atoms in total. The Balaban J connectivity index is 1.57. The van der Waals surface area contributed by atoms with Crippen LogP contribution in [0.25, 0.3) is 11.0 Å². The first-order valence-corrected chi connectivity index (χ1v) is 8.63. The van der Waals surface area contributed by atoms with Crippen molar-refractivity contribution in [1.29, 1.82) is 0 Å². The highest BCUT2D eigenvalue weighted by atomic mass is 79.9. The largest absolute Gasteiger partial charge is 0.459 e. The molecule has 0 saturated heterocycles. The van der Waals surface area contributed by atoms with Gasteiger partial charge in [-0.1, -0.05) is 22.9 Å². The molecule has 4 heteroatoms. The molecule has 3 rings (SSSR count). The smallest absolute Gasteiger partial charge is 0.134 e. The lowest BCUT2D eigenvalue weighted by molar-refractivity contribution is 0.271. The van der Waals surface area contributed by atoms with Crippen molar-refractivity contribution in [1.82, 2.24) is 10.2 Å². The van der Waals surface area contributed by atoms with Gasteiger partial charge in [-0.3, -0.25) is 4.90 Å². The van der Waals surface area contributed by atoms with Gasteiger partial charge in [0.2, 0.25) is 0 Å². The number of rotatable bonds is 7. The molecule has 0 bridgehead atoms. The Hall–Kier alpha value is -0.840. The Morgan fingerprint density at radius 1 is 1.38 bits per heavy atom. The summed E-state index contributed by atoms with van der Waals surface area (Å²) in [6.07, 6.45) is 2.75. The maximum Gasteiger partial charge on any atom is 0.134 e. The van der Waals surface area contributed by atoms with E-state index < -0.39 is 0 Å². The second-order valence-corrected chi connectivity index (χ2v) is 6.78. The summed E-state index contributed by atoms with van der Waals surface area (Å²) >= 11 is 3.50. The van der Waals surface area contributed by atoms with E-state index >= 15 is 0 Å². The molecule has 1 unspecified atom stereocenters. The van der Waals surface area contributed by atoms with Crippen LogP contribution in [0.15, 0.2) is 33.2 Å². The fourth-order valence-corrected chi connectivity index (χ4v) is 3.19. The van der Waals surface area contributed by atoms with Gasteiger partial charge in [-0.2, -0.15) is 0 Å². The number of nitrogens with zero attached hydrogens (tertiary/aromatic N) is 1. The molecule has 1 aliphatic carbocycles. The maximum absolute atomic E-state index is 5.93. The van der Waals surface area contributed by atoms with E-state index in [1.807, 2.05) is 12.1 Å². The summed E-state index contributed by atoms with van der Waals surface area (Å²) < 4.78 is 7.02. The van der Waals surface area contributed by atoms with E-state index in [0.29, 0.717) is 0 Å². The molecule has 2 aromatic rings. The molecule has 0 amide bonds. The lowest BCUT2D eigenvalue weighted by Crippen LogP contribution is -2.34. The number of benzene rings is 1. The van der Waals surface area contributed by atoms with Gasteiger partial charge in [0.05, 0.1) is 6.04 Å². The molecular formula is C17H23BrN2O. The second kappa shape index (κ2) is 6.51. The van der Waals surface area contributed by atoms with Crippen LogP contribution in [0.5, 0.6) is 0 Å². The van der Waals surface area contributed by atoms with Crippen molar-refractivity contribution < 1.29 is 4.42 Å². The average molecular weight is 351 g/mol. The fourth-order valence-electron chi connectivity index (χ4n) is 2.81. The molecule has 0 aliphatic heterocycles. The molecular weight excluding hydrogens is 328 g/mol. The standard InChI is InChI=1S/C17H23BrN2O/c1-3-20(15-5-6-15)9-8-19-12(2)17-11-13-10-14(18)4-7-16(13)21-17/h4,7,10-12,15,19H,3,5-6,8-9H2,1-2H3. The number of likely N-dealkylation sites (N-methyl/N-ethyl adjacent to an activating group) is 1. The van der Waals surface area contributed by atoms with Gasteiger partial charge in [0.1, 0.15) is 11.3 Å². The summed E-state index contributed by atoms with van der Waals surface area (Å²) in [6, 6.07) is 9.35. The van der Waals surface area contributed by atoms with E-state index in [1.165, 1.54) is 12.8 Å². The van der Waals surface area contributed by atoms with Crippen LogP contribution in [0.1, 0.15) is 38.5 Å². The van der Waals surface area contributed by atoms with Crippen molar-refractivity contribution in [2.24, 2.45) is 0 Å². The molecule has 1 saturated carbocycles. The lowest BCUT2D eigenvalue weighted by Gasteiger charge is -2.21. The highest BCUT2D eigenvalue weighted by molar-refractivity contribution is 9.10. The lowest BCUT2D eigenvalue weighted by atomic mass is 10.2. The fraction of sp³-hybridized carbons (Fsp3) is 0.529. The third-order valence-corrected chi connectivity index (χ3v) is 4.74. The first-order chi connectivity index (χ1) is 10.2. The molecule has 1 fully saturated rings. The van der Waals surface area contributed by atoms with Crippen molar-refractivity contribution >= 4 is 26.9 Å². The minimum Gasteiger partial charge on any atom is -0.459 e. The highest BCUT2D eigenvalue weighted by Crippen LogP contribution is 2.27. The van der Waals surface area contributed by atoms with Crippen LogP contribution in [0.3, 0.4) is 0 Å². The zero-order chi connectivity index (χ0) is 14.8. The van der Waals surface area contributed by atoms with Gasteiger partial charge < -0.3 is 9.73 Å². The molecule has 114 valence electrons. The van der Waals surface area contributed by atoms with Crippen molar-refractivity contribution in [3.05, 3.63) is 34.5 Å². The zero-order valence-electron chi connectivity index (χ0n) is 12.7. The quantitative estimate of drug-likeness (QED) is 0.805. The van der Waals surface area contributed by atoms with Crippen LogP contribution in [-0.4, -0.2) is 30.6 Å². The second-order valence-electron chi connectivity index (χ2n) is 5.87. The predicted molar refractivity (Wildman–Crippen MR) is 90.6 cm³/mol. The number of nitrogens with one attached hydrogen (secondary N) is 1. The monoisotopic (exact) mass is 350 g/mol. The third-order valence-electron chi connectivity index (χ3n) is 4.24. The minimum absolute atomic E-state index is 0.245. The molecule has 21 heavy (non-hydrogen) atoms. The van der Waals surface area contributed by atoms with Crippen molar-refractivity contribution in [3.63, 3.8) is 0 Å². The Bertz CT molecular complexity index is 606. The molecule has 1 N–H and O–H groups in total. The van der Waals surface area contributed by atoms with Crippen LogP contribution in [0.4, 0.5) is 0 Å². The van der Waals surface area contributed by atoms with E-state index in [2.05, 4.69) is 52.1 Å². The van der Waals surface area contributed by atoms with Crippen molar-refractivity contribution in [2.75, 3.05) is 19.6 Å². The highest BCUT2D eigenvalue weighted by Gasteiger charge is 2.27. The summed E-state index contributed by atoms with van der Waals surface area (Å²) in [4.78, 5) is 2.56. The number of hydrogen-bond donors (Lipinski definition) is 1. The summed E-state index contributed by atoms with van der Waals surface area (Å²) in [5.74, 6) is 1.01. The van der Waals surface area contributed by atoms with E-state index in [1.54, 1.807) is 0 Å². The number of fused-ring (bicyclic) bond motifs is 1. The van der Waals surface area contributed by atoms with Crippen LogP contribution >= 0.6 is 15.9 Å².